The van der Waals surface area contributed by atoms with Crippen LogP contribution in [0.5, 0.6) is 11.5 Å². The lowest BCUT2D eigenvalue weighted by Crippen LogP contribution is -2.34. The molecular formula is C36H37ClN4O6S2. The highest BCUT2D eigenvalue weighted by Crippen LogP contribution is 2.46. The second-order valence-corrected chi connectivity index (χ2v) is 14.4. The maximum absolute atomic E-state index is 13.0. The molecular weight excluding hydrogens is 684 g/mol. The summed E-state index contributed by atoms with van der Waals surface area (Å²) < 4.78 is 15.6. The van der Waals surface area contributed by atoms with Crippen molar-refractivity contribution in [3.8, 4) is 11.5 Å². The fourth-order valence-corrected chi connectivity index (χ4v) is 9.20. The molecule has 3 aromatic carbocycles. The van der Waals surface area contributed by atoms with Gasteiger partial charge in [-0.1, -0.05) is 36.4 Å². The van der Waals surface area contributed by atoms with Gasteiger partial charge in [0, 0.05) is 57.2 Å². The van der Waals surface area contributed by atoms with Crippen molar-refractivity contribution in [3.63, 3.8) is 0 Å². The van der Waals surface area contributed by atoms with Crippen LogP contribution in [0.2, 0.25) is 0 Å². The number of nitrogens with two attached hydrogens (primary N) is 1. The van der Waals surface area contributed by atoms with Crippen molar-refractivity contribution in [2.24, 2.45) is 5.92 Å². The Morgan fingerprint density at radius 1 is 1.02 bits per heavy atom. The molecule has 6 aromatic rings. The average Bonchev–Trinajstić information content (AvgIpc) is 3.78. The SMILES string of the molecule is COc1cccc2c1[C@@H]1CN(CCCCn3c(=O)[nH]c4c(sc5ccccc54)c3=O)C[C@H]1CO2.Cc1cccc2sc(C(=O)O)c(N)c12.Cl. The molecule has 0 radical (unpaired) electrons. The summed E-state index contributed by atoms with van der Waals surface area (Å²) in [6, 6.07) is 19.5. The number of anilines is 1. The quantitative estimate of drug-likeness (QED) is 0.155. The Hall–Kier alpha value is -4.36. The van der Waals surface area contributed by atoms with E-state index >= 15 is 0 Å². The number of aromatic carboxylic acids is 1. The van der Waals surface area contributed by atoms with Gasteiger partial charge in [0.25, 0.3) is 5.56 Å². The number of nitrogens with zero attached hydrogens (tertiary/aromatic N) is 2. The minimum atomic E-state index is -0.955. The lowest BCUT2D eigenvalue weighted by atomic mass is 9.86. The molecule has 0 saturated carbocycles. The van der Waals surface area contributed by atoms with Gasteiger partial charge in [-0.2, -0.15) is 0 Å². The van der Waals surface area contributed by atoms with Crippen LogP contribution >= 0.6 is 35.1 Å². The molecule has 2 aliphatic rings. The predicted octanol–water partition coefficient (Wildman–Crippen LogP) is 6.71. The Morgan fingerprint density at radius 2 is 1.78 bits per heavy atom. The molecule has 3 aromatic heterocycles. The molecule has 49 heavy (non-hydrogen) atoms. The number of H-pyrrole nitrogens is 1. The number of methoxy groups -OCH3 is 1. The van der Waals surface area contributed by atoms with Gasteiger partial charge >= 0.3 is 11.7 Å². The van der Waals surface area contributed by atoms with E-state index in [1.165, 1.54) is 32.8 Å². The number of halogens is 1. The molecule has 1 saturated heterocycles. The number of fused-ring (bicyclic) bond motifs is 7. The van der Waals surface area contributed by atoms with E-state index < -0.39 is 5.97 Å². The zero-order valence-electron chi connectivity index (χ0n) is 27.1. The van der Waals surface area contributed by atoms with Crippen LogP contribution < -0.4 is 26.5 Å². The van der Waals surface area contributed by atoms with Crippen LogP contribution in [0.4, 0.5) is 5.69 Å². The van der Waals surface area contributed by atoms with Crippen molar-refractivity contribution >= 4 is 77.1 Å². The lowest BCUT2D eigenvalue weighted by molar-refractivity contribution is 0.0703. The third-order valence-corrected chi connectivity index (χ3v) is 11.7. The zero-order chi connectivity index (χ0) is 33.5. The highest BCUT2D eigenvalue weighted by molar-refractivity contribution is 7.25. The van der Waals surface area contributed by atoms with E-state index in [0.717, 1.165) is 76.3 Å². The van der Waals surface area contributed by atoms with Crippen LogP contribution in [0, 0.1) is 12.8 Å². The van der Waals surface area contributed by atoms with Crippen LogP contribution in [-0.4, -0.2) is 58.9 Å². The summed E-state index contributed by atoms with van der Waals surface area (Å²) in [5.74, 6) is 1.77. The number of aryl methyl sites for hydroxylation is 1. The Morgan fingerprint density at radius 3 is 2.55 bits per heavy atom. The number of carboxylic acid groups (broad SMARTS) is 1. The molecule has 10 nitrogen and oxygen atoms in total. The topological polar surface area (TPSA) is 140 Å². The molecule has 2 aliphatic heterocycles. The van der Waals surface area contributed by atoms with Crippen LogP contribution in [-0.2, 0) is 6.54 Å². The minimum absolute atomic E-state index is 0. The summed E-state index contributed by atoms with van der Waals surface area (Å²) >= 11 is 2.67. The number of benzene rings is 3. The van der Waals surface area contributed by atoms with Gasteiger partial charge in [0.15, 0.2) is 0 Å². The van der Waals surface area contributed by atoms with E-state index in [1.54, 1.807) is 7.11 Å². The van der Waals surface area contributed by atoms with Gasteiger partial charge in [-0.15, -0.1) is 35.1 Å². The van der Waals surface area contributed by atoms with Crippen LogP contribution in [0.15, 0.2) is 70.3 Å². The summed E-state index contributed by atoms with van der Waals surface area (Å²) in [5.41, 5.74) is 8.51. The molecule has 1 fully saturated rings. The Bertz CT molecular complexity index is 2280. The highest BCUT2D eigenvalue weighted by atomic mass is 35.5. The number of aromatic nitrogens is 2. The van der Waals surface area contributed by atoms with Gasteiger partial charge < -0.3 is 30.2 Å². The second kappa shape index (κ2) is 14.2. The number of nitrogen functional groups attached to an aromatic ring is 1. The number of aromatic amines is 1. The van der Waals surface area contributed by atoms with E-state index in [9.17, 15) is 14.4 Å². The summed E-state index contributed by atoms with van der Waals surface area (Å²) in [7, 11) is 1.71. The molecule has 0 unspecified atom stereocenters. The summed E-state index contributed by atoms with van der Waals surface area (Å²) in [6.07, 6.45) is 1.71. The third-order valence-electron chi connectivity index (χ3n) is 9.36. The average molecular weight is 721 g/mol. The first-order chi connectivity index (χ1) is 23.2. The summed E-state index contributed by atoms with van der Waals surface area (Å²) in [4.78, 5) is 42.2. The monoisotopic (exact) mass is 720 g/mol. The molecule has 5 heterocycles. The van der Waals surface area contributed by atoms with Crippen molar-refractivity contribution in [3.05, 3.63) is 97.5 Å². The lowest BCUT2D eigenvalue weighted by Gasteiger charge is -2.29. The molecule has 8 rings (SSSR count). The van der Waals surface area contributed by atoms with Crippen molar-refractivity contribution in [2.75, 3.05) is 39.1 Å². The van der Waals surface area contributed by atoms with Crippen molar-refractivity contribution < 1.29 is 19.4 Å². The maximum atomic E-state index is 13.0. The largest absolute Gasteiger partial charge is 0.496 e. The first kappa shape index (κ1) is 34.5. The molecule has 0 spiro atoms. The number of hydrogen-bond donors (Lipinski definition) is 3. The van der Waals surface area contributed by atoms with Crippen LogP contribution in [0.3, 0.4) is 0 Å². The fraction of sp³-hybridized carbons (Fsp3) is 0.306. The minimum Gasteiger partial charge on any atom is -0.496 e. The predicted molar refractivity (Wildman–Crippen MR) is 200 cm³/mol. The van der Waals surface area contributed by atoms with Gasteiger partial charge in [0.2, 0.25) is 0 Å². The zero-order valence-corrected chi connectivity index (χ0v) is 29.5. The Labute approximate surface area is 296 Å². The third kappa shape index (κ3) is 6.41. The van der Waals surface area contributed by atoms with Gasteiger partial charge in [-0.05, 0) is 56.1 Å². The molecule has 256 valence electrons. The number of hydrogen-bond acceptors (Lipinski definition) is 9. The van der Waals surface area contributed by atoms with Gasteiger partial charge in [-0.25, -0.2) is 9.59 Å². The van der Waals surface area contributed by atoms with Crippen molar-refractivity contribution in [1.82, 2.24) is 14.5 Å². The molecule has 13 heteroatoms. The number of carboxylic acids is 1. The first-order valence-corrected chi connectivity index (χ1v) is 17.6. The first-order valence-electron chi connectivity index (χ1n) is 15.9. The maximum Gasteiger partial charge on any atom is 0.348 e. The number of nitrogens with one attached hydrogen (secondary N) is 1. The van der Waals surface area contributed by atoms with Gasteiger partial charge in [0.1, 0.15) is 21.1 Å². The number of unbranched alkanes of at least 4 members (excludes halogenated alkanes) is 1. The van der Waals surface area contributed by atoms with E-state index in [0.29, 0.717) is 34.3 Å². The molecule has 0 amide bonds. The standard InChI is InChI=1S/C26H27N3O4S.C10H9NO2S.ClH/c1-32-19-8-6-9-20-22(19)18-14-28(13-16(18)15-33-20)11-4-5-12-29-25(30)24-23(27-26(29)31)17-7-2-3-10-21(17)34-24;1-5-3-2-4-6-7(5)8(11)9(14-6)10(12)13;/h2-3,6-10,16,18H,4-5,11-15H2,1H3,(H,27,31);2-4H,11H2,1H3,(H,12,13);1H/t16-,18+;;/m0../s1. The smallest absolute Gasteiger partial charge is 0.348 e. The summed E-state index contributed by atoms with van der Waals surface area (Å²) in [5, 5.41) is 10.7. The normalized spacial score (nSPS) is 16.8. The van der Waals surface area contributed by atoms with E-state index in [1.807, 2.05) is 67.6 Å². The van der Waals surface area contributed by atoms with Crippen LogP contribution in [0.25, 0.3) is 30.4 Å². The molecule has 2 atom stereocenters. The number of carbonyl (C=O) groups is 1. The second-order valence-electron chi connectivity index (χ2n) is 12.3. The van der Waals surface area contributed by atoms with Gasteiger partial charge in [0.05, 0.1) is 24.9 Å². The van der Waals surface area contributed by atoms with Crippen molar-refractivity contribution in [2.45, 2.75) is 32.2 Å². The fourth-order valence-electron chi connectivity index (χ4n) is 7.06. The number of thiophene rings is 2. The van der Waals surface area contributed by atoms with E-state index in [4.69, 9.17) is 20.3 Å². The number of likely N-dealkylation sites (tertiary alicyclic amines) is 1. The number of rotatable bonds is 7. The Kier molecular flexibility index (Phi) is 10.0. The van der Waals surface area contributed by atoms with Crippen LogP contribution in [0.1, 0.15) is 39.6 Å². The van der Waals surface area contributed by atoms with E-state index in [2.05, 4.69) is 9.88 Å². The highest BCUT2D eigenvalue weighted by Gasteiger charge is 2.40. The Balaban J connectivity index is 0.000000234. The molecule has 0 bridgehead atoms. The van der Waals surface area contributed by atoms with E-state index in [-0.39, 0.29) is 28.5 Å². The molecule has 4 N–H and O–H groups in total. The summed E-state index contributed by atoms with van der Waals surface area (Å²) in [6.45, 7) is 6.01. The number of ether oxygens (including phenoxy) is 2. The van der Waals surface area contributed by atoms with Crippen molar-refractivity contribution in [1.29, 1.82) is 0 Å². The van der Waals surface area contributed by atoms with Gasteiger partial charge in [-0.3, -0.25) is 9.36 Å². The molecule has 0 aliphatic carbocycles.